The number of nitrogens with one attached hydrogen (secondary N) is 1. The van der Waals surface area contributed by atoms with E-state index in [2.05, 4.69) is 22.8 Å². The number of hydroxylamine groups is 1. The summed E-state index contributed by atoms with van der Waals surface area (Å²) in [5.41, 5.74) is 5.35. The zero-order valence-electron chi connectivity index (χ0n) is 12.4. The minimum atomic E-state index is -0.113. The summed E-state index contributed by atoms with van der Waals surface area (Å²) in [5, 5.41) is 3.83. The molecular formula is C16H20N2O3. The number of hydrogen-bond donors (Lipinski definition) is 1. The first-order chi connectivity index (χ1) is 10.2. The van der Waals surface area contributed by atoms with Gasteiger partial charge >= 0.3 is 0 Å². The smallest absolute Gasteiger partial charge is 0.243 e. The van der Waals surface area contributed by atoms with Gasteiger partial charge in [-0.2, -0.15) is 0 Å². The van der Waals surface area contributed by atoms with Gasteiger partial charge < -0.3 is 4.52 Å². The van der Waals surface area contributed by atoms with Crippen LogP contribution in [0.1, 0.15) is 35.4 Å². The van der Waals surface area contributed by atoms with E-state index in [1.165, 1.54) is 5.56 Å². The van der Waals surface area contributed by atoms with Crippen LogP contribution >= 0.6 is 0 Å². The van der Waals surface area contributed by atoms with Crippen molar-refractivity contribution >= 4 is 5.91 Å². The van der Waals surface area contributed by atoms with E-state index in [1.54, 1.807) is 0 Å². The maximum absolute atomic E-state index is 11.7. The molecule has 0 aliphatic carbocycles. The van der Waals surface area contributed by atoms with E-state index >= 15 is 0 Å². The maximum Gasteiger partial charge on any atom is 0.243 e. The third-order valence-electron chi connectivity index (χ3n) is 3.30. The highest BCUT2D eigenvalue weighted by atomic mass is 16.7. The van der Waals surface area contributed by atoms with Crippen LogP contribution in [0.15, 0.2) is 34.9 Å². The monoisotopic (exact) mass is 288 g/mol. The first-order valence-electron chi connectivity index (χ1n) is 7.03. The largest absolute Gasteiger partial charge is 0.361 e. The molecule has 0 radical (unpaired) electrons. The molecule has 112 valence electrons. The van der Waals surface area contributed by atoms with E-state index < -0.39 is 0 Å². The van der Waals surface area contributed by atoms with Gasteiger partial charge in [-0.15, -0.1) is 0 Å². The summed E-state index contributed by atoms with van der Waals surface area (Å²) in [5.74, 6) is 0.600. The molecule has 0 spiro atoms. The van der Waals surface area contributed by atoms with Crippen LogP contribution in [-0.2, 0) is 22.7 Å². The summed E-state index contributed by atoms with van der Waals surface area (Å²) in [6.45, 7) is 3.93. The molecule has 0 atom stereocenters. The van der Waals surface area contributed by atoms with Gasteiger partial charge in [0.05, 0.1) is 5.69 Å². The highest BCUT2D eigenvalue weighted by Gasteiger charge is 2.09. The van der Waals surface area contributed by atoms with Crippen molar-refractivity contribution in [2.24, 2.45) is 0 Å². The second-order valence-corrected chi connectivity index (χ2v) is 4.96. The molecule has 0 unspecified atom stereocenters. The number of aromatic nitrogens is 1. The molecule has 1 N–H and O–H groups in total. The molecule has 1 aromatic heterocycles. The summed E-state index contributed by atoms with van der Waals surface area (Å²) in [6.07, 6.45) is 2.12. The molecule has 21 heavy (non-hydrogen) atoms. The van der Waals surface area contributed by atoms with E-state index in [1.807, 2.05) is 32.0 Å². The minimum absolute atomic E-state index is 0.113. The van der Waals surface area contributed by atoms with Crippen LogP contribution in [0.3, 0.4) is 0 Å². The van der Waals surface area contributed by atoms with Crippen molar-refractivity contribution in [3.8, 4) is 0 Å². The Hall–Kier alpha value is -2.14. The Bertz CT molecular complexity index is 559. The van der Waals surface area contributed by atoms with Crippen molar-refractivity contribution in [2.75, 3.05) is 0 Å². The number of carbonyl (C=O) groups is 1. The van der Waals surface area contributed by atoms with Gasteiger partial charge in [0.25, 0.3) is 0 Å². The number of hydrogen-bond acceptors (Lipinski definition) is 4. The normalized spacial score (nSPS) is 10.6. The van der Waals surface area contributed by atoms with Crippen LogP contribution in [0.25, 0.3) is 0 Å². The fraction of sp³-hybridized carbons (Fsp3) is 0.375. The van der Waals surface area contributed by atoms with Crippen LogP contribution in [-0.4, -0.2) is 11.1 Å². The summed E-state index contributed by atoms with van der Waals surface area (Å²) in [4.78, 5) is 16.9. The maximum atomic E-state index is 11.7. The Morgan fingerprint density at radius 2 is 2.05 bits per heavy atom. The van der Waals surface area contributed by atoms with Crippen LogP contribution < -0.4 is 5.48 Å². The van der Waals surface area contributed by atoms with Crippen molar-refractivity contribution in [3.63, 3.8) is 0 Å². The van der Waals surface area contributed by atoms with Gasteiger partial charge in [-0.05, 0) is 32.3 Å². The van der Waals surface area contributed by atoms with Crippen molar-refractivity contribution in [1.82, 2.24) is 10.6 Å². The third kappa shape index (κ3) is 4.72. The van der Waals surface area contributed by atoms with Gasteiger partial charge in [-0.25, -0.2) is 5.48 Å². The molecule has 1 heterocycles. The van der Waals surface area contributed by atoms with Crippen molar-refractivity contribution < 1.29 is 14.2 Å². The number of nitrogens with zero attached hydrogens (tertiary/aromatic N) is 1. The topological polar surface area (TPSA) is 64.4 Å². The lowest BCUT2D eigenvalue weighted by Gasteiger charge is -2.06. The minimum Gasteiger partial charge on any atom is -0.361 e. The Morgan fingerprint density at radius 3 is 2.71 bits per heavy atom. The van der Waals surface area contributed by atoms with Crippen LogP contribution in [0.2, 0.25) is 0 Å². The van der Waals surface area contributed by atoms with Crippen molar-refractivity contribution in [1.29, 1.82) is 0 Å². The predicted molar refractivity (Wildman–Crippen MR) is 78.3 cm³/mol. The molecule has 5 heteroatoms. The summed E-state index contributed by atoms with van der Waals surface area (Å²) < 4.78 is 5.02. The second kappa shape index (κ2) is 7.59. The third-order valence-corrected chi connectivity index (χ3v) is 3.30. The SMILES string of the molecule is Cc1noc(C)c1CONC(=O)CCCc1ccccc1. The van der Waals surface area contributed by atoms with E-state index in [0.717, 1.165) is 24.1 Å². The van der Waals surface area contributed by atoms with Gasteiger partial charge in [0.2, 0.25) is 5.91 Å². The highest BCUT2D eigenvalue weighted by Crippen LogP contribution is 2.12. The first kappa shape index (κ1) is 15.3. The first-order valence-corrected chi connectivity index (χ1v) is 7.03. The number of rotatable bonds is 7. The molecule has 0 fully saturated rings. The van der Waals surface area contributed by atoms with E-state index in [-0.39, 0.29) is 12.5 Å². The Balaban J connectivity index is 1.64. The number of aryl methyl sites for hydroxylation is 3. The molecular weight excluding hydrogens is 268 g/mol. The Morgan fingerprint density at radius 1 is 1.29 bits per heavy atom. The Kier molecular flexibility index (Phi) is 5.51. The fourth-order valence-electron chi connectivity index (χ4n) is 2.05. The van der Waals surface area contributed by atoms with Crippen molar-refractivity contribution in [3.05, 3.63) is 52.9 Å². The summed E-state index contributed by atoms with van der Waals surface area (Å²) in [6, 6.07) is 10.1. The molecule has 0 bridgehead atoms. The van der Waals surface area contributed by atoms with Crippen LogP contribution in [0.5, 0.6) is 0 Å². The van der Waals surface area contributed by atoms with Gasteiger partial charge in [0, 0.05) is 12.0 Å². The standard InChI is InChI=1S/C16H20N2O3/c1-12-15(13(2)21-17-12)11-20-18-16(19)10-6-9-14-7-4-3-5-8-14/h3-5,7-8H,6,9-11H2,1-2H3,(H,18,19). The molecule has 0 aliphatic heterocycles. The lowest BCUT2D eigenvalue weighted by molar-refractivity contribution is -0.134. The molecule has 2 rings (SSSR count). The molecule has 2 aromatic rings. The molecule has 0 saturated carbocycles. The molecule has 0 aliphatic rings. The van der Waals surface area contributed by atoms with Gasteiger partial charge in [0.1, 0.15) is 12.4 Å². The van der Waals surface area contributed by atoms with Crippen molar-refractivity contribution in [2.45, 2.75) is 39.7 Å². The Labute approximate surface area is 124 Å². The average molecular weight is 288 g/mol. The quantitative estimate of drug-likeness (QED) is 0.796. The number of amides is 1. The summed E-state index contributed by atoms with van der Waals surface area (Å²) >= 11 is 0. The highest BCUT2D eigenvalue weighted by molar-refractivity contribution is 5.74. The number of carbonyl (C=O) groups excluding carboxylic acids is 1. The summed E-state index contributed by atoms with van der Waals surface area (Å²) in [7, 11) is 0. The van der Waals surface area contributed by atoms with Gasteiger partial charge in [0.15, 0.2) is 0 Å². The van der Waals surface area contributed by atoms with Gasteiger partial charge in [-0.3, -0.25) is 9.63 Å². The lowest BCUT2D eigenvalue weighted by atomic mass is 10.1. The zero-order chi connectivity index (χ0) is 15.1. The van der Waals surface area contributed by atoms with E-state index in [0.29, 0.717) is 12.2 Å². The molecule has 1 amide bonds. The van der Waals surface area contributed by atoms with E-state index in [4.69, 9.17) is 9.36 Å². The molecule has 0 saturated heterocycles. The molecule has 1 aromatic carbocycles. The lowest BCUT2D eigenvalue weighted by Crippen LogP contribution is -2.23. The van der Waals surface area contributed by atoms with Crippen LogP contribution in [0.4, 0.5) is 0 Å². The number of benzene rings is 1. The second-order valence-electron chi connectivity index (χ2n) is 4.96. The predicted octanol–water partition coefficient (Wildman–Crippen LogP) is 2.86. The average Bonchev–Trinajstić information content (AvgIpc) is 2.80. The fourth-order valence-corrected chi connectivity index (χ4v) is 2.05. The van der Waals surface area contributed by atoms with Gasteiger partial charge in [-0.1, -0.05) is 35.5 Å². The van der Waals surface area contributed by atoms with Crippen LogP contribution in [0, 0.1) is 13.8 Å². The molecule has 5 nitrogen and oxygen atoms in total. The van der Waals surface area contributed by atoms with E-state index in [9.17, 15) is 4.79 Å². The zero-order valence-corrected chi connectivity index (χ0v) is 12.4.